The van der Waals surface area contributed by atoms with E-state index >= 15 is 0 Å². The van der Waals surface area contributed by atoms with Crippen molar-refractivity contribution in [3.63, 3.8) is 0 Å². The summed E-state index contributed by atoms with van der Waals surface area (Å²) in [6, 6.07) is 4.14. The summed E-state index contributed by atoms with van der Waals surface area (Å²) in [5.41, 5.74) is 4.32. The van der Waals surface area contributed by atoms with Gasteiger partial charge in [0.1, 0.15) is 15.1 Å². The molecule has 0 aliphatic heterocycles. The minimum Gasteiger partial charge on any atom is -0.496 e. The molecular formula is C13H14ClNOS. The molecule has 1 aromatic heterocycles. The van der Waals surface area contributed by atoms with Gasteiger partial charge in [-0.1, -0.05) is 11.6 Å². The second-order valence-corrected chi connectivity index (χ2v) is 5.62. The van der Waals surface area contributed by atoms with Crippen LogP contribution in [0.3, 0.4) is 0 Å². The first-order valence-electron chi connectivity index (χ1n) is 5.31. The van der Waals surface area contributed by atoms with Gasteiger partial charge in [0.15, 0.2) is 0 Å². The SMILES string of the molecule is COc1cc(C)c(C)cc1-c1nc(C)c(Cl)s1. The zero-order valence-corrected chi connectivity index (χ0v) is 11.9. The average molecular weight is 268 g/mol. The highest BCUT2D eigenvalue weighted by Gasteiger charge is 2.13. The van der Waals surface area contributed by atoms with Crippen molar-refractivity contribution in [3.05, 3.63) is 33.3 Å². The summed E-state index contributed by atoms with van der Waals surface area (Å²) >= 11 is 7.55. The lowest BCUT2D eigenvalue weighted by atomic mass is 10.1. The Hall–Kier alpha value is -1.06. The molecule has 0 bridgehead atoms. The van der Waals surface area contributed by atoms with Crippen molar-refractivity contribution in [1.82, 2.24) is 4.98 Å². The topological polar surface area (TPSA) is 22.1 Å². The predicted octanol–water partition coefficient (Wildman–Crippen LogP) is 4.40. The van der Waals surface area contributed by atoms with Crippen molar-refractivity contribution in [1.29, 1.82) is 0 Å². The number of nitrogens with zero attached hydrogens (tertiary/aromatic N) is 1. The molecule has 0 aliphatic rings. The van der Waals surface area contributed by atoms with Crippen LogP contribution in [-0.2, 0) is 0 Å². The summed E-state index contributed by atoms with van der Waals surface area (Å²) in [4.78, 5) is 4.47. The third kappa shape index (κ3) is 2.31. The number of ether oxygens (including phenoxy) is 1. The van der Waals surface area contributed by atoms with Crippen molar-refractivity contribution in [2.24, 2.45) is 0 Å². The number of aryl methyl sites for hydroxylation is 3. The number of rotatable bonds is 2. The van der Waals surface area contributed by atoms with E-state index in [-0.39, 0.29) is 0 Å². The molecule has 0 saturated carbocycles. The molecule has 0 unspecified atom stereocenters. The summed E-state index contributed by atoms with van der Waals surface area (Å²) < 4.78 is 6.14. The van der Waals surface area contributed by atoms with Crippen molar-refractivity contribution < 1.29 is 4.74 Å². The quantitative estimate of drug-likeness (QED) is 0.805. The number of aromatic nitrogens is 1. The lowest BCUT2D eigenvalue weighted by molar-refractivity contribution is 0.416. The van der Waals surface area contributed by atoms with E-state index in [2.05, 4.69) is 24.9 Å². The van der Waals surface area contributed by atoms with E-state index in [9.17, 15) is 0 Å². The summed E-state index contributed by atoms with van der Waals surface area (Å²) in [5.74, 6) is 0.846. The average Bonchev–Trinajstić information content (AvgIpc) is 2.62. The van der Waals surface area contributed by atoms with Crippen molar-refractivity contribution >= 4 is 22.9 Å². The molecule has 2 rings (SSSR count). The maximum Gasteiger partial charge on any atom is 0.129 e. The first kappa shape index (κ1) is 12.4. The Bertz CT molecular complexity index is 543. The number of hydrogen-bond acceptors (Lipinski definition) is 3. The Balaban J connectivity index is 2.61. The van der Waals surface area contributed by atoms with Gasteiger partial charge in [0, 0.05) is 0 Å². The summed E-state index contributed by atoms with van der Waals surface area (Å²) in [6.45, 7) is 6.07. The van der Waals surface area contributed by atoms with Gasteiger partial charge in [-0.2, -0.15) is 0 Å². The molecule has 90 valence electrons. The van der Waals surface area contributed by atoms with E-state index in [1.807, 2.05) is 13.0 Å². The lowest BCUT2D eigenvalue weighted by Gasteiger charge is -2.09. The second-order valence-electron chi connectivity index (χ2n) is 4.01. The van der Waals surface area contributed by atoms with Crippen LogP contribution in [-0.4, -0.2) is 12.1 Å². The highest BCUT2D eigenvalue weighted by molar-refractivity contribution is 7.19. The van der Waals surface area contributed by atoms with Crippen LogP contribution in [0.4, 0.5) is 0 Å². The molecule has 0 aliphatic carbocycles. The molecule has 0 amide bonds. The van der Waals surface area contributed by atoms with Gasteiger partial charge in [-0.3, -0.25) is 0 Å². The molecule has 2 nitrogen and oxygen atoms in total. The van der Waals surface area contributed by atoms with Crippen LogP contribution >= 0.6 is 22.9 Å². The lowest BCUT2D eigenvalue weighted by Crippen LogP contribution is -1.91. The van der Waals surface area contributed by atoms with Crippen LogP contribution in [0, 0.1) is 20.8 Å². The van der Waals surface area contributed by atoms with Gasteiger partial charge in [-0.15, -0.1) is 11.3 Å². The third-order valence-electron chi connectivity index (χ3n) is 2.79. The Morgan fingerprint density at radius 3 is 2.35 bits per heavy atom. The van der Waals surface area contributed by atoms with E-state index in [1.54, 1.807) is 7.11 Å². The zero-order valence-electron chi connectivity index (χ0n) is 10.3. The molecule has 17 heavy (non-hydrogen) atoms. The summed E-state index contributed by atoms with van der Waals surface area (Å²) in [6.07, 6.45) is 0. The fourth-order valence-corrected chi connectivity index (χ4v) is 2.70. The molecule has 0 spiro atoms. The van der Waals surface area contributed by atoms with E-state index in [4.69, 9.17) is 16.3 Å². The molecule has 0 radical (unpaired) electrons. The van der Waals surface area contributed by atoms with E-state index in [0.717, 1.165) is 26.4 Å². The van der Waals surface area contributed by atoms with Crippen molar-refractivity contribution in [3.8, 4) is 16.3 Å². The smallest absolute Gasteiger partial charge is 0.129 e. The predicted molar refractivity (Wildman–Crippen MR) is 73.3 cm³/mol. The van der Waals surface area contributed by atoms with Crippen molar-refractivity contribution in [2.75, 3.05) is 7.11 Å². The molecule has 0 saturated heterocycles. The minimum atomic E-state index is 0.736. The number of hydrogen-bond donors (Lipinski definition) is 0. The van der Waals surface area contributed by atoms with Crippen LogP contribution in [0.25, 0.3) is 10.6 Å². The molecule has 0 atom stereocenters. The molecular weight excluding hydrogens is 254 g/mol. The van der Waals surface area contributed by atoms with Gasteiger partial charge in [0.05, 0.1) is 18.4 Å². The fraction of sp³-hybridized carbons (Fsp3) is 0.308. The van der Waals surface area contributed by atoms with Gasteiger partial charge >= 0.3 is 0 Å². The highest BCUT2D eigenvalue weighted by atomic mass is 35.5. The third-order valence-corrected chi connectivity index (χ3v) is 4.27. The molecule has 1 aromatic carbocycles. The second kappa shape index (κ2) is 4.67. The monoisotopic (exact) mass is 267 g/mol. The van der Waals surface area contributed by atoms with Crippen molar-refractivity contribution in [2.45, 2.75) is 20.8 Å². The first-order valence-corrected chi connectivity index (χ1v) is 6.51. The molecule has 1 heterocycles. The standard InChI is InChI=1S/C13H14ClNOS/c1-7-5-10(11(16-4)6-8(7)2)13-15-9(3)12(14)17-13/h5-6H,1-4H3. The molecule has 2 aromatic rings. The first-order chi connectivity index (χ1) is 8.02. The number of methoxy groups -OCH3 is 1. The number of thiazole rings is 1. The molecule has 0 N–H and O–H groups in total. The fourth-order valence-electron chi connectivity index (χ4n) is 1.62. The maximum absolute atomic E-state index is 6.06. The Labute approximate surface area is 110 Å². The van der Waals surface area contributed by atoms with Gasteiger partial charge in [-0.25, -0.2) is 4.98 Å². The zero-order chi connectivity index (χ0) is 12.6. The summed E-state index contributed by atoms with van der Waals surface area (Å²) in [5, 5.41) is 0.910. The van der Waals surface area contributed by atoms with E-state index < -0.39 is 0 Å². The van der Waals surface area contributed by atoms with Gasteiger partial charge in [-0.05, 0) is 44.0 Å². The Kier molecular flexibility index (Phi) is 3.40. The minimum absolute atomic E-state index is 0.736. The van der Waals surface area contributed by atoms with Crippen LogP contribution in [0.1, 0.15) is 16.8 Å². The summed E-state index contributed by atoms with van der Waals surface area (Å²) in [7, 11) is 1.68. The van der Waals surface area contributed by atoms with Gasteiger partial charge in [0.25, 0.3) is 0 Å². The van der Waals surface area contributed by atoms with Crippen LogP contribution in [0.15, 0.2) is 12.1 Å². The number of benzene rings is 1. The van der Waals surface area contributed by atoms with Gasteiger partial charge < -0.3 is 4.74 Å². The van der Waals surface area contributed by atoms with Crippen LogP contribution in [0.2, 0.25) is 4.34 Å². The number of halogens is 1. The highest BCUT2D eigenvalue weighted by Crippen LogP contribution is 2.37. The Morgan fingerprint density at radius 2 is 1.82 bits per heavy atom. The van der Waals surface area contributed by atoms with Crippen LogP contribution in [0.5, 0.6) is 5.75 Å². The largest absolute Gasteiger partial charge is 0.496 e. The van der Waals surface area contributed by atoms with Gasteiger partial charge in [0.2, 0.25) is 0 Å². The maximum atomic E-state index is 6.06. The van der Waals surface area contributed by atoms with Crippen LogP contribution < -0.4 is 4.74 Å². The van der Waals surface area contributed by atoms with E-state index in [0.29, 0.717) is 0 Å². The van der Waals surface area contributed by atoms with E-state index in [1.165, 1.54) is 22.5 Å². The molecule has 4 heteroatoms. The normalized spacial score (nSPS) is 10.6. The Morgan fingerprint density at radius 1 is 1.18 bits per heavy atom. The molecule has 0 fully saturated rings.